The lowest BCUT2D eigenvalue weighted by atomic mass is 10.2. The molecule has 6 nitrogen and oxygen atoms in total. The van der Waals surface area contributed by atoms with E-state index in [4.69, 9.17) is 18.9 Å². The van der Waals surface area contributed by atoms with Crippen molar-refractivity contribution in [2.75, 3.05) is 59.4 Å². The zero-order chi connectivity index (χ0) is 18.3. The summed E-state index contributed by atoms with van der Waals surface area (Å²) in [6, 6.07) is 0. The first-order valence-electron chi connectivity index (χ1n) is 9.38. The monoisotopic (exact) mass is 349 g/mol. The molecule has 24 heavy (non-hydrogen) atoms. The minimum atomic E-state index is 0.0989. The lowest BCUT2D eigenvalue weighted by Gasteiger charge is -2.08. The van der Waals surface area contributed by atoms with Crippen molar-refractivity contribution in [3.05, 3.63) is 0 Å². The summed E-state index contributed by atoms with van der Waals surface area (Å²) in [6.07, 6.45) is 3.61. The molecule has 0 aliphatic carbocycles. The van der Waals surface area contributed by atoms with Gasteiger partial charge in [0.05, 0.1) is 46.2 Å². The van der Waals surface area contributed by atoms with Crippen LogP contribution in [-0.4, -0.2) is 65.3 Å². The summed E-state index contributed by atoms with van der Waals surface area (Å²) in [5, 5.41) is 2.82. The smallest absolute Gasteiger partial charge is 0.220 e. The van der Waals surface area contributed by atoms with Gasteiger partial charge in [-0.15, -0.1) is 0 Å². The minimum Gasteiger partial charge on any atom is -0.379 e. The molecule has 0 rings (SSSR count). The third-order valence-electron chi connectivity index (χ3n) is 2.79. The molecule has 0 aliphatic rings. The van der Waals surface area contributed by atoms with Gasteiger partial charge in [0.1, 0.15) is 0 Å². The number of carbonyl (C=O) groups is 1. The van der Waals surface area contributed by atoms with Gasteiger partial charge in [0.2, 0.25) is 5.91 Å². The zero-order valence-electron chi connectivity index (χ0n) is 16.2. The number of carbonyl (C=O) groups excluding carboxylic acids is 1. The van der Waals surface area contributed by atoms with Crippen LogP contribution in [0, 0.1) is 0 Å². The SMILES string of the molecule is CC.CCCCC(=O)NCCOCCOCCOCCOCCC. The van der Waals surface area contributed by atoms with Gasteiger partial charge in [0.25, 0.3) is 0 Å². The van der Waals surface area contributed by atoms with Gasteiger partial charge in [0, 0.05) is 19.6 Å². The number of hydrogen-bond acceptors (Lipinski definition) is 5. The summed E-state index contributed by atoms with van der Waals surface area (Å²) in [7, 11) is 0. The standard InChI is InChI=1S/C16H33NO5.C2H6/c1-3-5-6-16(18)17-7-9-20-11-13-22-15-14-21-12-10-19-8-4-2;1-2/h3-15H2,1-2H3,(H,17,18);1-2H3. The first kappa shape index (κ1) is 25.5. The maximum atomic E-state index is 11.3. The van der Waals surface area contributed by atoms with Crippen LogP contribution in [0.4, 0.5) is 0 Å². The van der Waals surface area contributed by atoms with Crippen LogP contribution in [0.2, 0.25) is 0 Å². The Morgan fingerprint density at radius 2 is 1.17 bits per heavy atom. The molecule has 0 aromatic heterocycles. The van der Waals surface area contributed by atoms with E-state index in [0.29, 0.717) is 59.2 Å². The van der Waals surface area contributed by atoms with Crippen LogP contribution in [0.1, 0.15) is 53.4 Å². The van der Waals surface area contributed by atoms with E-state index in [1.54, 1.807) is 0 Å². The average molecular weight is 350 g/mol. The molecule has 0 unspecified atom stereocenters. The fourth-order valence-corrected chi connectivity index (χ4v) is 1.59. The third kappa shape index (κ3) is 23.6. The van der Waals surface area contributed by atoms with Gasteiger partial charge in [0.15, 0.2) is 0 Å². The Balaban J connectivity index is 0. The second kappa shape index (κ2) is 24.6. The molecule has 0 bridgehead atoms. The highest BCUT2D eigenvalue weighted by Crippen LogP contribution is 1.92. The van der Waals surface area contributed by atoms with Crippen LogP contribution in [0.5, 0.6) is 0 Å². The van der Waals surface area contributed by atoms with Crippen LogP contribution in [0.3, 0.4) is 0 Å². The van der Waals surface area contributed by atoms with E-state index < -0.39 is 0 Å². The molecule has 0 fully saturated rings. The normalized spacial score (nSPS) is 10.2. The predicted octanol–water partition coefficient (Wildman–Crippen LogP) is 2.80. The van der Waals surface area contributed by atoms with Gasteiger partial charge in [-0.05, 0) is 12.8 Å². The Hall–Kier alpha value is -0.690. The topological polar surface area (TPSA) is 66.0 Å². The van der Waals surface area contributed by atoms with Gasteiger partial charge in [-0.1, -0.05) is 34.1 Å². The van der Waals surface area contributed by atoms with E-state index in [0.717, 1.165) is 25.9 Å². The summed E-state index contributed by atoms with van der Waals surface area (Å²) < 4.78 is 21.4. The van der Waals surface area contributed by atoms with Gasteiger partial charge < -0.3 is 24.3 Å². The second-order valence-electron chi connectivity index (χ2n) is 4.90. The second-order valence-corrected chi connectivity index (χ2v) is 4.90. The quantitative estimate of drug-likeness (QED) is 0.409. The lowest BCUT2D eigenvalue weighted by Crippen LogP contribution is -2.27. The van der Waals surface area contributed by atoms with Gasteiger partial charge in [-0.2, -0.15) is 0 Å². The first-order valence-corrected chi connectivity index (χ1v) is 9.38. The zero-order valence-corrected chi connectivity index (χ0v) is 16.2. The Morgan fingerprint density at radius 3 is 1.62 bits per heavy atom. The highest BCUT2D eigenvalue weighted by molar-refractivity contribution is 5.75. The van der Waals surface area contributed by atoms with Gasteiger partial charge in [-0.3, -0.25) is 4.79 Å². The molecule has 0 heterocycles. The van der Waals surface area contributed by atoms with Crippen molar-refractivity contribution in [3.8, 4) is 0 Å². The molecular formula is C18H39NO5. The maximum absolute atomic E-state index is 11.3. The van der Waals surface area contributed by atoms with E-state index in [9.17, 15) is 4.79 Å². The number of rotatable bonds is 17. The fourth-order valence-electron chi connectivity index (χ4n) is 1.59. The van der Waals surface area contributed by atoms with Crippen molar-refractivity contribution >= 4 is 5.91 Å². The molecule has 0 aromatic carbocycles. The summed E-state index contributed by atoms with van der Waals surface area (Å²) in [6.45, 7) is 13.5. The number of amides is 1. The number of nitrogens with one attached hydrogen (secondary N) is 1. The Bertz CT molecular complexity index is 239. The van der Waals surface area contributed by atoms with E-state index in [1.165, 1.54) is 0 Å². The van der Waals surface area contributed by atoms with Crippen molar-refractivity contribution in [3.63, 3.8) is 0 Å². The highest BCUT2D eigenvalue weighted by atomic mass is 16.6. The fraction of sp³-hybridized carbons (Fsp3) is 0.944. The molecule has 0 aliphatic heterocycles. The van der Waals surface area contributed by atoms with Crippen LogP contribution < -0.4 is 5.32 Å². The molecule has 146 valence electrons. The number of ether oxygens (including phenoxy) is 4. The van der Waals surface area contributed by atoms with Crippen molar-refractivity contribution in [2.24, 2.45) is 0 Å². The summed E-state index contributed by atoms with van der Waals surface area (Å²) in [5.41, 5.74) is 0. The van der Waals surface area contributed by atoms with Crippen molar-refractivity contribution in [1.29, 1.82) is 0 Å². The van der Waals surface area contributed by atoms with Crippen molar-refractivity contribution < 1.29 is 23.7 Å². The Labute approximate surface area is 148 Å². The van der Waals surface area contributed by atoms with Crippen LogP contribution in [0.25, 0.3) is 0 Å². The summed E-state index contributed by atoms with van der Waals surface area (Å²) in [4.78, 5) is 11.3. The molecule has 0 radical (unpaired) electrons. The van der Waals surface area contributed by atoms with Gasteiger partial charge >= 0.3 is 0 Å². The number of unbranched alkanes of at least 4 members (excludes halogenated alkanes) is 1. The maximum Gasteiger partial charge on any atom is 0.220 e. The largest absolute Gasteiger partial charge is 0.379 e. The summed E-state index contributed by atoms with van der Waals surface area (Å²) >= 11 is 0. The van der Waals surface area contributed by atoms with E-state index in [2.05, 4.69) is 19.2 Å². The molecule has 6 heteroatoms. The molecule has 0 spiro atoms. The summed E-state index contributed by atoms with van der Waals surface area (Å²) in [5.74, 6) is 0.0989. The molecule has 0 saturated carbocycles. The molecular weight excluding hydrogens is 310 g/mol. The van der Waals surface area contributed by atoms with Gasteiger partial charge in [-0.25, -0.2) is 0 Å². The molecule has 0 saturated heterocycles. The van der Waals surface area contributed by atoms with Crippen LogP contribution in [-0.2, 0) is 23.7 Å². The van der Waals surface area contributed by atoms with E-state index in [1.807, 2.05) is 13.8 Å². The van der Waals surface area contributed by atoms with E-state index in [-0.39, 0.29) is 5.91 Å². The number of hydrogen-bond donors (Lipinski definition) is 1. The van der Waals surface area contributed by atoms with Crippen molar-refractivity contribution in [2.45, 2.75) is 53.4 Å². The molecule has 0 aromatic rings. The Kier molecular flexibility index (Phi) is 26.1. The molecule has 1 N–H and O–H groups in total. The Morgan fingerprint density at radius 1 is 0.708 bits per heavy atom. The minimum absolute atomic E-state index is 0.0989. The predicted molar refractivity (Wildman–Crippen MR) is 97.4 cm³/mol. The lowest BCUT2D eigenvalue weighted by molar-refractivity contribution is -0.121. The molecule has 0 atom stereocenters. The van der Waals surface area contributed by atoms with E-state index >= 15 is 0 Å². The first-order chi connectivity index (χ1) is 11.8. The average Bonchev–Trinajstić information content (AvgIpc) is 2.62. The third-order valence-corrected chi connectivity index (χ3v) is 2.79. The van der Waals surface area contributed by atoms with Crippen LogP contribution >= 0.6 is 0 Å². The van der Waals surface area contributed by atoms with Crippen LogP contribution in [0.15, 0.2) is 0 Å². The molecule has 1 amide bonds. The van der Waals surface area contributed by atoms with Crippen molar-refractivity contribution in [1.82, 2.24) is 5.32 Å². The highest BCUT2D eigenvalue weighted by Gasteiger charge is 1.98.